The van der Waals surface area contributed by atoms with Crippen LogP contribution in [0.3, 0.4) is 0 Å². The van der Waals surface area contributed by atoms with E-state index in [2.05, 4.69) is 24.1 Å². The Hall–Kier alpha value is -2.66. The lowest BCUT2D eigenvalue weighted by Gasteiger charge is -2.14. The van der Waals surface area contributed by atoms with E-state index < -0.39 is 0 Å². The molecule has 3 rings (SSSR count). The van der Waals surface area contributed by atoms with E-state index in [9.17, 15) is 4.79 Å². The molecule has 0 aliphatic heterocycles. The first-order chi connectivity index (χ1) is 12.5. The zero-order valence-corrected chi connectivity index (χ0v) is 16.0. The maximum Gasteiger partial charge on any atom is 0.255 e. The minimum atomic E-state index is -0.145. The molecule has 3 aromatic rings. The Labute approximate surface area is 157 Å². The van der Waals surface area contributed by atoms with E-state index in [4.69, 9.17) is 4.74 Å². The second-order valence-electron chi connectivity index (χ2n) is 6.37. The predicted molar refractivity (Wildman–Crippen MR) is 106 cm³/mol. The van der Waals surface area contributed by atoms with E-state index in [-0.39, 0.29) is 5.91 Å². The van der Waals surface area contributed by atoms with E-state index >= 15 is 0 Å². The Bertz CT molecular complexity index is 902. The average molecular weight is 366 g/mol. The van der Waals surface area contributed by atoms with Gasteiger partial charge in [0.1, 0.15) is 12.4 Å². The number of aryl methyl sites for hydroxylation is 1. The van der Waals surface area contributed by atoms with Crippen LogP contribution in [-0.2, 0) is 6.61 Å². The van der Waals surface area contributed by atoms with Crippen molar-refractivity contribution in [1.82, 2.24) is 4.98 Å². The Morgan fingerprint density at radius 1 is 1.19 bits per heavy atom. The maximum atomic E-state index is 12.6. The second kappa shape index (κ2) is 8.15. The maximum absolute atomic E-state index is 12.6. The lowest BCUT2D eigenvalue weighted by Crippen LogP contribution is -2.13. The first kappa shape index (κ1) is 18.1. The SMILES string of the molecule is Cc1nc(COc2cccc(C(=O)Nc3ccccc3C(C)C)c2)cs1. The standard InChI is InChI=1S/C21H22N2O2S/c1-14(2)19-9-4-5-10-20(19)23-21(24)16-7-6-8-18(11-16)25-12-17-13-26-15(3)22-17/h4-11,13-14H,12H2,1-3H3,(H,23,24). The summed E-state index contributed by atoms with van der Waals surface area (Å²) in [6.45, 7) is 6.58. The number of thiazole rings is 1. The van der Waals surface area contributed by atoms with E-state index in [0.29, 0.717) is 23.8 Å². The molecule has 4 nitrogen and oxygen atoms in total. The molecule has 2 aromatic carbocycles. The Morgan fingerprint density at radius 3 is 2.73 bits per heavy atom. The van der Waals surface area contributed by atoms with Crippen molar-refractivity contribution in [2.24, 2.45) is 0 Å². The first-order valence-electron chi connectivity index (χ1n) is 8.57. The van der Waals surface area contributed by atoms with Gasteiger partial charge in [0.2, 0.25) is 0 Å². The molecule has 0 saturated heterocycles. The molecule has 1 amide bonds. The summed E-state index contributed by atoms with van der Waals surface area (Å²) in [5, 5.41) is 6.00. The molecule has 0 radical (unpaired) electrons. The van der Waals surface area contributed by atoms with Crippen LogP contribution >= 0.6 is 11.3 Å². The van der Waals surface area contributed by atoms with Gasteiger partial charge >= 0.3 is 0 Å². The van der Waals surface area contributed by atoms with Crippen molar-refractivity contribution >= 4 is 22.9 Å². The summed E-state index contributed by atoms with van der Waals surface area (Å²) < 4.78 is 5.77. The summed E-state index contributed by atoms with van der Waals surface area (Å²) in [4.78, 5) is 17.0. The minimum Gasteiger partial charge on any atom is -0.487 e. The van der Waals surface area contributed by atoms with Crippen LogP contribution in [0.25, 0.3) is 0 Å². The Balaban J connectivity index is 1.70. The fourth-order valence-electron chi connectivity index (χ4n) is 2.67. The van der Waals surface area contributed by atoms with Gasteiger partial charge in [-0.1, -0.05) is 38.1 Å². The number of aromatic nitrogens is 1. The number of benzene rings is 2. The molecular formula is C21H22N2O2S. The van der Waals surface area contributed by atoms with Crippen molar-refractivity contribution in [3.8, 4) is 5.75 Å². The molecule has 0 aliphatic rings. The largest absolute Gasteiger partial charge is 0.487 e. The van der Waals surface area contributed by atoms with Crippen LogP contribution in [0.4, 0.5) is 5.69 Å². The molecule has 0 spiro atoms. The van der Waals surface area contributed by atoms with Crippen LogP contribution in [-0.4, -0.2) is 10.9 Å². The molecule has 1 N–H and O–H groups in total. The monoisotopic (exact) mass is 366 g/mol. The number of hydrogen-bond acceptors (Lipinski definition) is 4. The van der Waals surface area contributed by atoms with Gasteiger partial charge in [-0.15, -0.1) is 11.3 Å². The van der Waals surface area contributed by atoms with Gasteiger partial charge in [0.05, 0.1) is 10.7 Å². The van der Waals surface area contributed by atoms with Crippen LogP contribution in [0.15, 0.2) is 53.9 Å². The van der Waals surface area contributed by atoms with E-state index in [1.807, 2.05) is 48.7 Å². The van der Waals surface area contributed by atoms with Crippen molar-refractivity contribution in [3.05, 3.63) is 75.7 Å². The van der Waals surface area contributed by atoms with Crippen molar-refractivity contribution < 1.29 is 9.53 Å². The molecule has 0 saturated carbocycles. The van der Waals surface area contributed by atoms with Gasteiger partial charge < -0.3 is 10.1 Å². The number of carbonyl (C=O) groups is 1. The molecule has 26 heavy (non-hydrogen) atoms. The lowest BCUT2D eigenvalue weighted by molar-refractivity contribution is 0.102. The minimum absolute atomic E-state index is 0.145. The Kier molecular flexibility index (Phi) is 5.68. The van der Waals surface area contributed by atoms with Gasteiger partial charge in [0.15, 0.2) is 0 Å². The highest BCUT2D eigenvalue weighted by Crippen LogP contribution is 2.24. The highest BCUT2D eigenvalue weighted by atomic mass is 32.1. The fraction of sp³-hybridized carbons (Fsp3) is 0.238. The summed E-state index contributed by atoms with van der Waals surface area (Å²) in [5.74, 6) is 0.844. The molecule has 1 aromatic heterocycles. The predicted octanol–water partition coefficient (Wildman–Crippen LogP) is 5.41. The zero-order valence-electron chi connectivity index (χ0n) is 15.2. The number of para-hydroxylation sites is 1. The number of anilines is 1. The molecule has 1 heterocycles. The summed E-state index contributed by atoms with van der Waals surface area (Å²) in [6.07, 6.45) is 0. The van der Waals surface area contributed by atoms with Crippen LogP contribution in [0.2, 0.25) is 0 Å². The molecule has 134 valence electrons. The number of hydrogen-bond donors (Lipinski definition) is 1. The van der Waals surface area contributed by atoms with E-state index in [0.717, 1.165) is 22.0 Å². The Morgan fingerprint density at radius 2 is 2.00 bits per heavy atom. The van der Waals surface area contributed by atoms with E-state index in [1.54, 1.807) is 23.5 Å². The van der Waals surface area contributed by atoms with Gasteiger partial charge in [0, 0.05) is 16.6 Å². The normalized spacial score (nSPS) is 10.8. The van der Waals surface area contributed by atoms with Crippen LogP contribution in [0.1, 0.15) is 46.4 Å². The molecule has 0 aliphatic carbocycles. The number of nitrogens with one attached hydrogen (secondary N) is 1. The lowest BCUT2D eigenvalue weighted by atomic mass is 10.0. The van der Waals surface area contributed by atoms with E-state index in [1.165, 1.54) is 0 Å². The highest BCUT2D eigenvalue weighted by Gasteiger charge is 2.11. The number of amides is 1. The van der Waals surface area contributed by atoms with Crippen molar-refractivity contribution in [2.45, 2.75) is 33.3 Å². The molecule has 0 atom stereocenters. The van der Waals surface area contributed by atoms with Crippen molar-refractivity contribution in [2.75, 3.05) is 5.32 Å². The van der Waals surface area contributed by atoms with Gasteiger partial charge in [-0.05, 0) is 42.7 Å². The summed E-state index contributed by atoms with van der Waals surface area (Å²) >= 11 is 1.60. The molecule has 0 unspecified atom stereocenters. The summed E-state index contributed by atoms with van der Waals surface area (Å²) in [6, 6.07) is 15.1. The van der Waals surface area contributed by atoms with Crippen LogP contribution in [0.5, 0.6) is 5.75 Å². The quantitative estimate of drug-likeness (QED) is 0.635. The first-order valence-corrected chi connectivity index (χ1v) is 9.45. The van der Waals surface area contributed by atoms with Crippen molar-refractivity contribution in [3.63, 3.8) is 0 Å². The van der Waals surface area contributed by atoms with Crippen molar-refractivity contribution in [1.29, 1.82) is 0 Å². The topological polar surface area (TPSA) is 51.2 Å². The number of nitrogens with zero attached hydrogens (tertiary/aromatic N) is 1. The third-order valence-corrected chi connectivity index (χ3v) is 4.80. The molecule has 0 fully saturated rings. The third kappa shape index (κ3) is 4.49. The smallest absolute Gasteiger partial charge is 0.255 e. The van der Waals surface area contributed by atoms with Crippen LogP contribution < -0.4 is 10.1 Å². The summed E-state index contributed by atoms with van der Waals surface area (Å²) in [5.41, 5.74) is 3.42. The molecule has 0 bridgehead atoms. The number of ether oxygens (including phenoxy) is 1. The van der Waals surface area contributed by atoms with Gasteiger partial charge in [-0.3, -0.25) is 4.79 Å². The van der Waals surface area contributed by atoms with Gasteiger partial charge in [-0.25, -0.2) is 4.98 Å². The molecule has 5 heteroatoms. The number of rotatable bonds is 6. The highest BCUT2D eigenvalue weighted by molar-refractivity contribution is 7.09. The fourth-order valence-corrected chi connectivity index (χ4v) is 3.27. The zero-order chi connectivity index (χ0) is 18.5. The third-order valence-electron chi connectivity index (χ3n) is 3.98. The number of carbonyl (C=O) groups excluding carboxylic acids is 1. The van der Waals surface area contributed by atoms with Crippen LogP contribution in [0, 0.1) is 6.92 Å². The molecular weight excluding hydrogens is 344 g/mol. The van der Waals surface area contributed by atoms with Gasteiger partial charge in [-0.2, -0.15) is 0 Å². The summed E-state index contributed by atoms with van der Waals surface area (Å²) in [7, 11) is 0. The second-order valence-corrected chi connectivity index (χ2v) is 7.43. The average Bonchev–Trinajstić information content (AvgIpc) is 3.06. The van der Waals surface area contributed by atoms with Gasteiger partial charge in [0.25, 0.3) is 5.91 Å².